The van der Waals surface area contributed by atoms with Crippen LogP contribution in [0.3, 0.4) is 0 Å². The maximum Gasteiger partial charge on any atom is 0.163 e. The Labute approximate surface area is 141 Å². The molecule has 5 nitrogen and oxygen atoms in total. The zero-order valence-corrected chi connectivity index (χ0v) is 14.0. The summed E-state index contributed by atoms with van der Waals surface area (Å²) in [5.41, 5.74) is 10.6. The van der Waals surface area contributed by atoms with Crippen molar-refractivity contribution >= 4 is 11.0 Å². The van der Waals surface area contributed by atoms with Gasteiger partial charge in [-0.15, -0.1) is 0 Å². The maximum absolute atomic E-state index is 6.18. The lowest BCUT2D eigenvalue weighted by atomic mass is 10.1. The van der Waals surface area contributed by atoms with Gasteiger partial charge in [0.2, 0.25) is 0 Å². The van der Waals surface area contributed by atoms with E-state index in [-0.39, 0.29) is 6.04 Å². The Balaban J connectivity index is 1.88. The van der Waals surface area contributed by atoms with E-state index in [2.05, 4.69) is 35.8 Å². The molecular formula is C19H21N3O2. The van der Waals surface area contributed by atoms with Gasteiger partial charge in [0.25, 0.3) is 0 Å². The number of fused-ring (bicyclic) bond motifs is 2. The van der Waals surface area contributed by atoms with E-state index in [1.807, 2.05) is 19.1 Å². The summed E-state index contributed by atoms with van der Waals surface area (Å²) < 4.78 is 13.6. The van der Waals surface area contributed by atoms with Crippen molar-refractivity contribution in [2.45, 2.75) is 26.4 Å². The maximum atomic E-state index is 6.18. The number of imidazole rings is 1. The molecule has 0 fully saturated rings. The minimum Gasteiger partial charge on any atom is -0.486 e. The average Bonchev–Trinajstić information content (AvgIpc) is 2.93. The molecule has 1 aromatic heterocycles. The van der Waals surface area contributed by atoms with Gasteiger partial charge in [0.15, 0.2) is 11.5 Å². The molecule has 0 saturated heterocycles. The minimum absolute atomic E-state index is 0.153. The van der Waals surface area contributed by atoms with Crippen LogP contribution in [-0.4, -0.2) is 22.8 Å². The number of aromatic nitrogens is 2. The molecule has 1 aliphatic rings. The zero-order valence-electron chi connectivity index (χ0n) is 14.0. The van der Waals surface area contributed by atoms with Crippen LogP contribution in [0.2, 0.25) is 0 Å². The van der Waals surface area contributed by atoms with Crippen LogP contribution in [0.15, 0.2) is 36.4 Å². The summed E-state index contributed by atoms with van der Waals surface area (Å²) in [4.78, 5) is 4.75. The summed E-state index contributed by atoms with van der Waals surface area (Å²) in [5, 5.41) is 0. The molecule has 4 rings (SSSR count). The molecule has 0 amide bonds. The Kier molecular flexibility index (Phi) is 3.65. The van der Waals surface area contributed by atoms with Crippen LogP contribution < -0.4 is 15.2 Å². The molecule has 24 heavy (non-hydrogen) atoms. The van der Waals surface area contributed by atoms with E-state index < -0.39 is 0 Å². The van der Waals surface area contributed by atoms with Crippen molar-refractivity contribution in [3.05, 3.63) is 53.3 Å². The lowest BCUT2D eigenvalue weighted by Gasteiger charge is -2.18. The number of nitrogens with zero attached hydrogens (tertiary/aromatic N) is 2. The van der Waals surface area contributed by atoms with Crippen molar-refractivity contribution in [3.63, 3.8) is 0 Å². The molecule has 1 aliphatic heterocycles. The zero-order chi connectivity index (χ0) is 16.7. The molecule has 3 aromatic rings. The van der Waals surface area contributed by atoms with E-state index in [0.29, 0.717) is 13.2 Å². The molecule has 1 unspecified atom stereocenters. The Morgan fingerprint density at radius 1 is 1.17 bits per heavy atom. The third-order valence-corrected chi connectivity index (χ3v) is 4.44. The predicted octanol–water partition coefficient (Wildman–Crippen LogP) is 3.18. The van der Waals surface area contributed by atoms with Crippen LogP contribution >= 0.6 is 0 Å². The fourth-order valence-electron chi connectivity index (χ4n) is 3.15. The van der Waals surface area contributed by atoms with Crippen LogP contribution in [0.5, 0.6) is 11.5 Å². The first-order valence-corrected chi connectivity index (χ1v) is 8.23. The van der Waals surface area contributed by atoms with E-state index >= 15 is 0 Å². The van der Waals surface area contributed by atoms with E-state index in [9.17, 15) is 0 Å². The molecule has 2 heterocycles. The van der Waals surface area contributed by atoms with Gasteiger partial charge in [-0.3, -0.25) is 0 Å². The highest BCUT2D eigenvalue weighted by Crippen LogP contribution is 2.35. The van der Waals surface area contributed by atoms with Crippen LogP contribution in [0.25, 0.3) is 11.0 Å². The van der Waals surface area contributed by atoms with Gasteiger partial charge in [-0.05, 0) is 25.0 Å². The van der Waals surface area contributed by atoms with Gasteiger partial charge in [0.05, 0.1) is 17.1 Å². The average molecular weight is 323 g/mol. The summed E-state index contributed by atoms with van der Waals surface area (Å²) in [6.07, 6.45) is 0. The topological polar surface area (TPSA) is 62.3 Å². The fraction of sp³-hybridized carbons (Fsp3) is 0.316. The smallest absolute Gasteiger partial charge is 0.163 e. The first-order valence-electron chi connectivity index (χ1n) is 8.23. The molecule has 2 aromatic carbocycles. The fourth-order valence-corrected chi connectivity index (χ4v) is 3.15. The van der Waals surface area contributed by atoms with Gasteiger partial charge in [-0.25, -0.2) is 4.98 Å². The van der Waals surface area contributed by atoms with Gasteiger partial charge in [-0.1, -0.05) is 24.3 Å². The normalized spacial score (nSPS) is 14.8. The summed E-state index contributed by atoms with van der Waals surface area (Å²) in [5.74, 6) is 2.40. The lowest BCUT2D eigenvalue weighted by molar-refractivity contribution is 0.172. The second-order valence-corrected chi connectivity index (χ2v) is 6.26. The molecule has 2 N–H and O–H groups in total. The summed E-state index contributed by atoms with van der Waals surface area (Å²) >= 11 is 0. The second kappa shape index (κ2) is 5.83. The van der Waals surface area contributed by atoms with Crippen molar-refractivity contribution in [3.8, 4) is 11.5 Å². The highest BCUT2D eigenvalue weighted by molar-refractivity contribution is 5.81. The molecule has 0 aliphatic carbocycles. The Bertz CT molecular complexity index is 899. The Hall–Kier alpha value is -2.53. The monoisotopic (exact) mass is 323 g/mol. The van der Waals surface area contributed by atoms with Crippen molar-refractivity contribution in [2.75, 3.05) is 13.2 Å². The highest BCUT2D eigenvalue weighted by atomic mass is 16.6. The van der Waals surface area contributed by atoms with Gasteiger partial charge < -0.3 is 19.8 Å². The van der Waals surface area contributed by atoms with Crippen LogP contribution in [-0.2, 0) is 6.54 Å². The first kappa shape index (κ1) is 15.0. The number of hydrogen-bond acceptors (Lipinski definition) is 4. The molecule has 0 radical (unpaired) electrons. The molecule has 0 spiro atoms. The quantitative estimate of drug-likeness (QED) is 0.804. The van der Waals surface area contributed by atoms with Crippen LogP contribution in [0.1, 0.15) is 29.9 Å². The predicted molar refractivity (Wildman–Crippen MR) is 93.6 cm³/mol. The number of hydrogen-bond donors (Lipinski definition) is 1. The van der Waals surface area contributed by atoms with Crippen molar-refractivity contribution in [1.29, 1.82) is 0 Å². The molecule has 0 bridgehead atoms. The van der Waals surface area contributed by atoms with Crippen LogP contribution in [0, 0.1) is 6.92 Å². The number of nitrogens with two attached hydrogens (primary N) is 1. The van der Waals surface area contributed by atoms with Crippen molar-refractivity contribution in [1.82, 2.24) is 9.55 Å². The van der Waals surface area contributed by atoms with Crippen molar-refractivity contribution in [2.24, 2.45) is 5.73 Å². The van der Waals surface area contributed by atoms with Gasteiger partial charge in [-0.2, -0.15) is 0 Å². The molecular weight excluding hydrogens is 302 g/mol. The minimum atomic E-state index is -0.153. The van der Waals surface area contributed by atoms with Crippen LogP contribution in [0.4, 0.5) is 0 Å². The van der Waals surface area contributed by atoms with Gasteiger partial charge in [0, 0.05) is 18.7 Å². The third kappa shape index (κ3) is 2.51. The third-order valence-electron chi connectivity index (χ3n) is 4.44. The molecule has 0 saturated carbocycles. The summed E-state index contributed by atoms with van der Waals surface area (Å²) in [7, 11) is 0. The highest BCUT2D eigenvalue weighted by Gasteiger charge is 2.20. The van der Waals surface area contributed by atoms with Gasteiger partial charge in [0.1, 0.15) is 19.0 Å². The number of aryl methyl sites for hydroxylation is 1. The van der Waals surface area contributed by atoms with E-state index in [0.717, 1.165) is 34.9 Å². The Morgan fingerprint density at radius 3 is 2.58 bits per heavy atom. The number of rotatable bonds is 3. The van der Waals surface area contributed by atoms with E-state index in [1.165, 1.54) is 11.1 Å². The standard InChI is InChI=1S/C19H21N3O2/c1-12-5-3-4-6-14(12)11-22-16-10-18-17(23-7-8-24-18)9-15(16)21-19(22)13(2)20/h3-6,9-10,13H,7-8,11,20H2,1-2H3. The molecule has 124 valence electrons. The summed E-state index contributed by atoms with van der Waals surface area (Å²) in [6, 6.07) is 12.2. The summed E-state index contributed by atoms with van der Waals surface area (Å²) in [6.45, 7) is 5.97. The van der Waals surface area contributed by atoms with E-state index in [4.69, 9.17) is 20.2 Å². The number of ether oxygens (including phenoxy) is 2. The molecule has 1 atom stereocenters. The second-order valence-electron chi connectivity index (χ2n) is 6.26. The first-order chi connectivity index (χ1) is 11.6. The largest absolute Gasteiger partial charge is 0.486 e. The van der Waals surface area contributed by atoms with Crippen molar-refractivity contribution < 1.29 is 9.47 Å². The molecule has 5 heteroatoms. The lowest BCUT2D eigenvalue weighted by Crippen LogP contribution is -2.16. The SMILES string of the molecule is Cc1ccccc1Cn1c(C(C)N)nc2cc3c(cc21)OCCO3. The van der Waals surface area contributed by atoms with Gasteiger partial charge >= 0.3 is 0 Å². The van der Waals surface area contributed by atoms with E-state index in [1.54, 1.807) is 0 Å². The number of benzene rings is 2. The Morgan fingerprint density at radius 2 is 1.88 bits per heavy atom.